The summed E-state index contributed by atoms with van der Waals surface area (Å²) in [5.41, 5.74) is 1.06. The molecule has 0 radical (unpaired) electrons. The zero-order chi connectivity index (χ0) is 23.5. The van der Waals surface area contributed by atoms with E-state index in [-0.39, 0.29) is 21.8 Å². The Kier molecular flexibility index (Phi) is 7.15. The van der Waals surface area contributed by atoms with Gasteiger partial charge in [0, 0.05) is 45.5 Å². The van der Waals surface area contributed by atoms with E-state index >= 15 is 0 Å². The minimum Gasteiger partial charge on any atom is -0.371 e. The fraction of sp³-hybridized carbons (Fsp3) is 0.364. The van der Waals surface area contributed by atoms with Gasteiger partial charge < -0.3 is 15.5 Å². The van der Waals surface area contributed by atoms with Gasteiger partial charge in [-0.05, 0) is 55.7 Å². The summed E-state index contributed by atoms with van der Waals surface area (Å²) in [6, 6.07) is 8.36. The van der Waals surface area contributed by atoms with Crippen molar-refractivity contribution in [3.8, 4) is 0 Å². The molecule has 0 aromatic heterocycles. The van der Waals surface area contributed by atoms with Crippen LogP contribution in [0.15, 0.2) is 41.3 Å². The molecule has 3 rings (SSSR count). The third kappa shape index (κ3) is 5.25. The molecule has 172 valence electrons. The second-order valence-corrected chi connectivity index (χ2v) is 10.00. The highest BCUT2D eigenvalue weighted by Gasteiger charge is 2.24. The molecule has 1 aliphatic heterocycles. The molecule has 2 aromatic rings. The minimum atomic E-state index is -3.74. The van der Waals surface area contributed by atoms with Gasteiger partial charge in [-0.2, -0.15) is 0 Å². The monoisotopic (exact) mass is 462 g/mol. The number of carbonyl (C=O) groups excluding carboxylic acids is 2. The van der Waals surface area contributed by atoms with Crippen LogP contribution in [0.4, 0.5) is 21.5 Å². The first-order chi connectivity index (χ1) is 15.1. The largest absolute Gasteiger partial charge is 0.371 e. The predicted octanol–water partition coefficient (Wildman–Crippen LogP) is 3.28. The molecule has 0 unspecified atom stereocenters. The standard InChI is InChI=1S/C22H27FN4O4S/c1-15(28)24-20-13-16(7-9-19(20)23)25-22(29)18-14-17(32(30,31)26(2)3)8-10-21(18)27-11-5-4-6-12-27/h7-10,13-14H,4-6,11-12H2,1-3H3,(H,24,28)(H,25,29). The number of amides is 2. The van der Waals surface area contributed by atoms with Crippen molar-refractivity contribution in [2.24, 2.45) is 0 Å². The fourth-order valence-corrected chi connectivity index (χ4v) is 4.49. The molecule has 10 heteroatoms. The first-order valence-electron chi connectivity index (χ1n) is 10.3. The summed E-state index contributed by atoms with van der Waals surface area (Å²) in [5.74, 6) is -1.60. The van der Waals surface area contributed by atoms with E-state index in [9.17, 15) is 22.4 Å². The van der Waals surface area contributed by atoms with Crippen molar-refractivity contribution >= 4 is 38.9 Å². The van der Waals surface area contributed by atoms with E-state index in [2.05, 4.69) is 15.5 Å². The first kappa shape index (κ1) is 23.7. The minimum absolute atomic E-state index is 0.00597. The summed E-state index contributed by atoms with van der Waals surface area (Å²) in [7, 11) is -0.889. The van der Waals surface area contributed by atoms with Crippen LogP contribution in [0, 0.1) is 5.82 Å². The Labute approximate surface area is 187 Å². The Morgan fingerprint density at radius 3 is 2.31 bits per heavy atom. The van der Waals surface area contributed by atoms with Crippen LogP contribution in [0.2, 0.25) is 0 Å². The number of nitrogens with one attached hydrogen (secondary N) is 2. The summed E-state index contributed by atoms with van der Waals surface area (Å²) < 4.78 is 40.3. The van der Waals surface area contributed by atoms with Gasteiger partial charge in [0.25, 0.3) is 5.91 Å². The maximum absolute atomic E-state index is 14.0. The second kappa shape index (κ2) is 9.66. The third-order valence-corrected chi connectivity index (χ3v) is 7.03. The third-order valence-electron chi connectivity index (χ3n) is 5.22. The van der Waals surface area contributed by atoms with Gasteiger partial charge in [0.15, 0.2) is 0 Å². The highest BCUT2D eigenvalue weighted by molar-refractivity contribution is 7.89. The normalized spacial score (nSPS) is 14.3. The van der Waals surface area contributed by atoms with Crippen molar-refractivity contribution < 1.29 is 22.4 Å². The zero-order valence-corrected chi connectivity index (χ0v) is 19.1. The number of anilines is 3. The molecule has 1 saturated heterocycles. The number of hydrogen-bond donors (Lipinski definition) is 2. The average Bonchev–Trinajstić information content (AvgIpc) is 2.75. The van der Waals surface area contributed by atoms with Crippen molar-refractivity contribution in [2.75, 3.05) is 42.7 Å². The number of piperidine rings is 1. The van der Waals surface area contributed by atoms with Crippen molar-refractivity contribution in [3.05, 3.63) is 47.8 Å². The number of rotatable bonds is 6. The van der Waals surface area contributed by atoms with Gasteiger partial charge in [0.05, 0.1) is 16.1 Å². The van der Waals surface area contributed by atoms with Crippen LogP contribution < -0.4 is 15.5 Å². The zero-order valence-electron chi connectivity index (χ0n) is 18.3. The Bertz CT molecular complexity index is 1130. The summed E-state index contributed by atoms with van der Waals surface area (Å²) in [5, 5.41) is 5.07. The lowest BCUT2D eigenvalue weighted by Gasteiger charge is -2.30. The molecule has 0 bridgehead atoms. The SMILES string of the molecule is CC(=O)Nc1cc(NC(=O)c2cc(S(=O)(=O)N(C)C)ccc2N2CCCCC2)ccc1F. The van der Waals surface area contributed by atoms with E-state index < -0.39 is 27.7 Å². The van der Waals surface area contributed by atoms with Crippen LogP contribution in [0.25, 0.3) is 0 Å². The van der Waals surface area contributed by atoms with E-state index in [1.54, 1.807) is 6.07 Å². The molecule has 8 nitrogen and oxygen atoms in total. The van der Waals surface area contributed by atoms with E-state index in [1.165, 1.54) is 45.3 Å². The lowest BCUT2D eigenvalue weighted by Crippen LogP contribution is -2.32. The number of halogens is 1. The highest BCUT2D eigenvalue weighted by Crippen LogP contribution is 2.29. The van der Waals surface area contributed by atoms with Crippen LogP contribution in [0.1, 0.15) is 36.5 Å². The van der Waals surface area contributed by atoms with Crippen LogP contribution >= 0.6 is 0 Å². The lowest BCUT2D eigenvalue weighted by atomic mass is 10.1. The number of nitrogens with zero attached hydrogens (tertiary/aromatic N) is 2. The van der Waals surface area contributed by atoms with Crippen LogP contribution in [-0.4, -0.2) is 51.7 Å². The quantitative estimate of drug-likeness (QED) is 0.687. The van der Waals surface area contributed by atoms with Crippen LogP contribution in [-0.2, 0) is 14.8 Å². The summed E-state index contributed by atoms with van der Waals surface area (Å²) in [6.07, 6.45) is 3.07. The summed E-state index contributed by atoms with van der Waals surface area (Å²) >= 11 is 0. The maximum Gasteiger partial charge on any atom is 0.257 e. The van der Waals surface area contributed by atoms with Crippen molar-refractivity contribution in [1.29, 1.82) is 0 Å². The van der Waals surface area contributed by atoms with E-state index in [0.717, 1.165) is 42.7 Å². The molecule has 1 fully saturated rings. The number of hydrogen-bond acceptors (Lipinski definition) is 5. The van der Waals surface area contributed by atoms with E-state index in [0.29, 0.717) is 5.69 Å². The Balaban J connectivity index is 1.99. The Morgan fingerprint density at radius 2 is 1.69 bits per heavy atom. The molecule has 2 aromatic carbocycles. The van der Waals surface area contributed by atoms with Gasteiger partial charge in [0.2, 0.25) is 15.9 Å². The van der Waals surface area contributed by atoms with Gasteiger partial charge in [0.1, 0.15) is 5.82 Å². The lowest BCUT2D eigenvalue weighted by molar-refractivity contribution is -0.114. The summed E-state index contributed by atoms with van der Waals surface area (Å²) in [6.45, 7) is 2.79. The molecule has 1 heterocycles. The molecule has 0 aliphatic carbocycles. The van der Waals surface area contributed by atoms with Gasteiger partial charge in [-0.25, -0.2) is 17.1 Å². The number of benzene rings is 2. The predicted molar refractivity (Wildman–Crippen MR) is 122 cm³/mol. The van der Waals surface area contributed by atoms with Gasteiger partial charge >= 0.3 is 0 Å². The molecule has 32 heavy (non-hydrogen) atoms. The Morgan fingerprint density at radius 1 is 1.00 bits per heavy atom. The van der Waals surface area contributed by atoms with Crippen LogP contribution in [0.3, 0.4) is 0 Å². The molecular formula is C22H27FN4O4S. The van der Waals surface area contributed by atoms with Crippen LogP contribution in [0.5, 0.6) is 0 Å². The van der Waals surface area contributed by atoms with Gasteiger partial charge in [-0.15, -0.1) is 0 Å². The fourth-order valence-electron chi connectivity index (χ4n) is 3.57. The smallest absolute Gasteiger partial charge is 0.257 e. The molecular weight excluding hydrogens is 435 g/mol. The maximum atomic E-state index is 14.0. The topological polar surface area (TPSA) is 98.8 Å². The van der Waals surface area contributed by atoms with Crippen molar-refractivity contribution in [2.45, 2.75) is 31.1 Å². The molecule has 0 saturated carbocycles. The number of carbonyl (C=O) groups is 2. The second-order valence-electron chi connectivity index (χ2n) is 7.84. The van der Waals surface area contributed by atoms with E-state index in [1.807, 2.05) is 0 Å². The van der Waals surface area contributed by atoms with Crippen molar-refractivity contribution in [1.82, 2.24) is 4.31 Å². The van der Waals surface area contributed by atoms with E-state index in [4.69, 9.17) is 0 Å². The summed E-state index contributed by atoms with van der Waals surface area (Å²) in [4.78, 5) is 26.6. The highest BCUT2D eigenvalue weighted by atomic mass is 32.2. The Hall–Kier alpha value is -2.98. The molecule has 0 spiro atoms. The van der Waals surface area contributed by atoms with Crippen molar-refractivity contribution in [3.63, 3.8) is 0 Å². The molecule has 0 atom stereocenters. The molecule has 1 aliphatic rings. The molecule has 2 N–H and O–H groups in total. The number of sulfonamides is 1. The first-order valence-corrected chi connectivity index (χ1v) is 11.7. The average molecular weight is 463 g/mol. The van der Waals surface area contributed by atoms with Gasteiger partial charge in [-0.3, -0.25) is 9.59 Å². The van der Waals surface area contributed by atoms with Gasteiger partial charge in [-0.1, -0.05) is 0 Å². The molecule has 2 amide bonds.